The number of amides is 1. The van der Waals surface area contributed by atoms with Crippen molar-refractivity contribution in [2.24, 2.45) is 0 Å². The van der Waals surface area contributed by atoms with Crippen molar-refractivity contribution in [3.05, 3.63) is 0 Å². The van der Waals surface area contributed by atoms with E-state index in [1.165, 1.54) is 12.2 Å². The van der Waals surface area contributed by atoms with E-state index >= 15 is 0 Å². The van der Waals surface area contributed by atoms with Crippen LogP contribution < -0.4 is 0 Å². The van der Waals surface area contributed by atoms with Gasteiger partial charge in [-0.25, -0.2) is 5.06 Å². The third-order valence-corrected chi connectivity index (χ3v) is 1.91. The SMILES string of the molecule is CON(C)C(=O)CCC1OCCO1. The van der Waals surface area contributed by atoms with Gasteiger partial charge in [-0.05, 0) is 0 Å². The van der Waals surface area contributed by atoms with E-state index in [0.29, 0.717) is 26.1 Å². The summed E-state index contributed by atoms with van der Waals surface area (Å²) in [6.45, 7) is 1.25. The quantitative estimate of drug-likeness (QED) is 0.591. The Bertz CT molecular complexity index is 168. The van der Waals surface area contributed by atoms with Gasteiger partial charge in [-0.3, -0.25) is 9.63 Å². The molecule has 13 heavy (non-hydrogen) atoms. The van der Waals surface area contributed by atoms with Crippen LogP contribution in [0.1, 0.15) is 12.8 Å². The molecule has 1 saturated heterocycles. The minimum atomic E-state index is -0.214. The van der Waals surface area contributed by atoms with Crippen LogP contribution in [0.5, 0.6) is 0 Å². The van der Waals surface area contributed by atoms with Crippen molar-refractivity contribution in [1.29, 1.82) is 0 Å². The predicted molar refractivity (Wildman–Crippen MR) is 44.7 cm³/mol. The summed E-state index contributed by atoms with van der Waals surface area (Å²) in [5.74, 6) is -0.0680. The smallest absolute Gasteiger partial charge is 0.246 e. The fourth-order valence-electron chi connectivity index (χ4n) is 1.07. The minimum absolute atomic E-state index is 0.0680. The van der Waals surface area contributed by atoms with Gasteiger partial charge in [0.25, 0.3) is 0 Å². The Hall–Kier alpha value is -0.650. The highest BCUT2D eigenvalue weighted by Crippen LogP contribution is 2.10. The van der Waals surface area contributed by atoms with Crippen LogP contribution in [0.25, 0.3) is 0 Å². The van der Waals surface area contributed by atoms with Crippen LogP contribution in [0.2, 0.25) is 0 Å². The normalized spacial score (nSPS) is 17.7. The highest BCUT2D eigenvalue weighted by Gasteiger charge is 2.18. The first-order chi connectivity index (χ1) is 6.24. The molecule has 5 heteroatoms. The molecule has 0 saturated carbocycles. The Balaban J connectivity index is 2.13. The molecule has 0 unspecified atom stereocenters. The lowest BCUT2D eigenvalue weighted by Gasteiger charge is -2.14. The van der Waals surface area contributed by atoms with Gasteiger partial charge >= 0.3 is 0 Å². The second-order valence-corrected chi connectivity index (χ2v) is 2.78. The van der Waals surface area contributed by atoms with Crippen molar-refractivity contribution in [3.8, 4) is 0 Å². The Morgan fingerprint density at radius 1 is 1.54 bits per heavy atom. The Morgan fingerprint density at radius 3 is 2.69 bits per heavy atom. The summed E-state index contributed by atoms with van der Waals surface area (Å²) in [7, 11) is 3.04. The van der Waals surface area contributed by atoms with Crippen LogP contribution in [-0.4, -0.2) is 44.6 Å². The second-order valence-electron chi connectivity index (χ2n) is 2.78. The molecule has 0 spiro atoms. The number of carbonyl (C=O) groups excluding carboxylic acids is 1. The lowest BCUT2D eigenvalue weighted by Crippen LogP contribution is -2.26. The largest absolute Gasteiger partial charge is 0.350 e. The predicted octanol–water partition coefficient (Wildman–Crippen LogP) is 0.159. The Kier molecular flexibility index (Phi) is 4.14. The van der Waals surface area contributed by atoms with Crippen LogP contribution in [0.3, 0.4) is 0 Å². The molecule has 76 valence electrons. The molecule has 1 amide bonds. The van der Waals surface area contributed by atoms with Crippen LogP contribution in [0.15, 0.2) is 0 Å². The fourth-order valence-corrected chi connectivity index (χ4v) is 1.07. The van der Waals surface area contributed by atoms with Crippen LogP contribution in [0, 0.1) is 0 Å². The van der Waals surface area contributed by atoms with Gasteiger partial charge < -0.3 is 9.47 Å². The third kappa shape index (κ3) is 3.30. The maximum atomic E-state index is 11.2. The molecule has 1 aliphatic rings. The molecule has 0 radical (unpaired) electrons. The summed E-state index contributed by atoms with van der Waals surface area (Å²) in [4.78, 5) is 15.9. The summed E-state index contributed by atoms with van der Waals surface area (Å²) >= 11 is 0. The minimum Gasteiger partial charge on any atom is -0.350 e. The van der Waals surface area contributed by atoms with Crippen molar-refractivity contribution >= 4 is 5.91 Å². The van der Waals surface area contributed by atoms with Crippen molar-refractivity contribution in [3.63, 3.8) is 0 Å². The number of hydrogen-bond donors (Lipinski definition) is 0. The van der Waals surface area contributed by atoms with Gasteiger partial charge in [-0.1, -0.05) is 0 Å². The van der Waals surface area contributed by atoms with Crippen LogP contribution in [0.4, 0.5) is 0 Å². The molecule has 5 nitrogen and oxygen atoms in total. The zero-order chi connectivity index (χ0) is 9.68. The molecule has 0 aromatic rings. The van der Waals surface area contributed by atoms with E-state index < -0.39 is 0 Å². The first-order valence-electron chi connectivity index (χ1n) is 4.28. The number of hydrogen-bond acceptors (Lipinski definition) is 4. The van der Waals surface area contributed by atoms with Gasteiger partial charge in [0.1, 0.15) is 0 Å². The van der Waals surface area contributed by atoms with Gasteiger partial charge in [0.15, 0.2) is 6.29 Å². The average molecular weight is 189 g/mol. The third-order valence-electron chi connectivity index (χ3n) is 1.91. The van der Waals surface area contributed by atoms with Crippen molar-refractivity contribution in [2.75, 3.05) is 27.4 Å². The highest BCUT2D eigenvalue weighted by atomic mass is 16.7. The molecule has 0 bridgehead atoms. The van der Waals surface area contributed by atoms with Crippen LogP contribution in [-0.2, 0) is 19.1 Å². The number of rotatable bonds is 4. The lowest BCUT2D eigenvalue weighted by molar-refractivity contribution is -0.170. The van der Waals surface area contributed by atoms with Crippen molar-refractivity contribution in [1.82, 2.24) is 5.06 Å². The highest BCUT2D eigenvalue weighted by molar-refractivity contribution is 5.74. The van der Waals surface area contributed by atoms with E-state index in [0.717, 1.165) is 0 Å². The van der Waals surface area contributed by atoms with E-state index in [1.807, 2.05) is 0 Å². The van der Waals surface area contributed by atoms with E-state index in [9.17, 15) is 4.79 Å². The molecule has 1 fully saturated rings. The lowest BCUT2D eigenvalue weighted by atomic mass is 10.3. The number of carbonyl (C=O) groups is 1. The zero-order valence-corrected chi connectivity index (χ0v) is 7.99. The molecular weight excluding hydrogens is 174 g/mol. The zero-order valence-electron chi connectivity index (χ0n) is 7.99. The van der Waals surface area contributed by atoms with Crippen molar-refractivity contribution < 1.29 is 19.1 Å². The summed E-state index contributed by atoms with van der Waals surface area (Å²) < 4.78 is 10.4. The van der Waals surface area contributed by atoms with E-state index in [1.54, 1.807) is 7.05 Å². The monoisotopic (exact) mass is 189 g/mol. The first-order valence-corrected chi connectivity index (χ1v) is 4.28. The van der Waals surface area contributed by atoms with Gasteiger partial charge in [0, 0.05) is 19.9 Å². The summed E-state index contributed by atoms with van der Waals surface area (Å²) in [5, 5.41) is 1.20. The number of ether oxygens (including phenoxy) is 2. The van der Waals surface area contributed by atoms with Gasteiger partial charge in [-0.15, -0.1) is 0 Å². The molecule has 0 aromatic heterocycles. The number of nitrogens with zero attached hydrogens (tertiary/aromatic N) is 1. The van der Waals surface area contributed by atoms with E-state index in [4.69, 9.17) is 14.3 Å². The molecular formula is C8H15NO4. The van der Waals surface area contributed by atoms with Gasteiger partial charge in [0.2, 0.25) is 5.91 Å². The molecule has 1 aliphatic heterocycles. The van der Waals surface area contributed by atoms with E-state index in [-0.39, 0.29) is 12.2 Å². The maximum absolute atomic E-state index is 11.2. The van der Waals surface area contributed by atoms with Gasteiger partial charge in [0.05, 0.1) is 20.3 Å². The molecule has 0 aromatic carbocycles. The van der Waals surface area contributed by atoms with Crippen LogP contribution >= 0.6 is 0 Å². The molecule has 1 rings (SSSR count). The summed E-state index contributed by atoms with van der Waals surface area (Å²) in [6, 6.07) is 0. The van der Waals surface area contributed by atoms with Gasteiger partial charge in [-0.2, -0.15) is 0 Å². The average Bonchev–Trinajstić information content (AvgIpc) is 2.65. The maximum Gasteiger partial charge on any atom is 0.246 e. The summed E-state index contributed by atoms with van der Waals surface area (Å²) in [5.41, 5.74) is 0. The molecule has 0 aliphatic carbocycles. The van der Waals surface area contributed by atoms with Crippen molar-refractivity contribution in [2.45, 2.75) is 19.1 Å². The molecule has 0 atom stereocenters. The van der Waals surface area contributed by atoms with E-state index in [2.05, 4.69) is 0 Å². The molecule has 1 heterocycles. The Labute approximate surface area is 77.5 Å². The topological polar surface area (TPSA) is 48.0 Å². The Morgan fingerprint density at radius 2 is 2.15 bits per heavy atom. The first kappa shape index (κ1) is 10.4. The summed E-state index contributed by atoms with van der Waals surface area (Å²) in [6.07, 6.45) is 0.760. The molecule has 0 N–H and O–H groups in total. The standard InChI is InChI=1S/C8H15NO4/c1-9(11-2)7(10)3-4-8-12-5-6-13-8/h8H,3-6H2,1-2H3. The fraction of sp³-hybridized carbons (Fsp3) is 0.875. The number of hydroxylamine groups is 2. The second kappa shape index (κ2) is 5.16.